The molecule has 0 N–H and O–H groups in total. The normalized spacial score (nSPS) is 25.7. The first kappa shape index (κ1) is 16.8. The van der Waals surface area contributed by atoms with Gasteiger partial charge in [-0.25, -0.2) is 0 Å². The molecule has 1 aromatic heterocycles. The quantitative estimate of drug-likeness (QED) is 0.663. The first-order valence-electron chi connectivity index (χ1n) is 8.62. The second kappa shape index (κ2) is 8.19. The number of hydrogen-bond acceptors (Lipinski definition) is 7. The SMILES string of the molecule is Cc1nc(CN(C)[C@@H]2CCN(CCOC[C@@H]3CCCO3)C2)no1. The molecule has 0 spiro atoms. The highest BCUT2D eigenvalue weighted by atomic mass is 16.5. The molecular weight excluding hydrogens is 296 g/mol. The fourth-order valence-electron chi connectivity index (χ4n) is 3.32. The van der Waals surface area contributed by atoms with E-state index in [1.165, 1.54) is 12.8 Å². The molecule has 3 heterocycles. The van der Waals surface area contributed by atoms with Crippen LogP contribution in [0.25, 0.3) is 0 Å². The smallest absolute Gasteiger partial charge is 0.223 e. The monoisotopic (exact) mass is 324 g/mol. The molecule has 0 aromatic carbocycles. The number of likely N-dealkylation sites (N-methyl/N-ethyl adjacent to an activating group) is 1. The number of aryl methyl sites for hydroxylation is 1. The van der Waals surface area contributed by atoms with E-state index < -0.39 is 0 Å². The maximum absolute atomic E-state index is 5.76. The molecule has 0 unspecified atom stereocenters. The van der Waals surface area contributed by atoms with Crippen molar-refractivity contribution in [2.75, 3.05) is 46.5 Å². The van der Waals surface area contributed by atoms with Crippen LogP contribution in [-0.2, 0) is 16.0 Å². The second-order valence-electron chi connectivity index (χ2n) is 6.60. The second-order valence-corrected chi connectivity index (χ2v) is 6.60. The van der Waals surface area contributed by atoms with Gasteiger partial charge in [0.1, 0.15) is 0 Å². The highest BCUT2D eigenvalue weighted by molar-refractivity contribution is 4.88. The van der Waals surface area contributed by atoms with Crippen LogP contribution in [0.15, 0.2) is 4.52 Å². The van der Waals surface area contributed by atoms with E-state index in [0.29, 0.717) is 18.0 Å². The van der Waals surface area contributed by atoms with Crippen molar-refractivity contribution in [3.63, 3.8) is 0 Å². The first-order valence-corrected chi connectivity index (χ1v) is 8.62. The molecule has 3 rings (SSSR count). The molecule has 130 valence electrons. The average molecular weight is 324 g/mol. The van der Waals surface area contributed by atoms with Crippen LogP contribution in [0.3, 0.4) is 0 Å². The van der Waals surface area contributed by atoms with Crippen molar-refractivity contribution in [3.8, 4) is 0 Å². The third-order valence-electron chi connectivity index (χ3n) is 4.71. The summed E-state index contributed by atoms with van der Waals surface area (Å²) in [6.07, 6.45) is 3.82. The van der Waals surface area contributed by atoms with Crippen LogP contribution in [0, 0.1) is 6.92 Å². The predicted octanol–water partition coefficient (Wildman–Crippen LogP) is 1.08. The van der Waals surface area contributed by atoms with Gasteiger partial charge < -0.3 is 14.0 Å². The van der Waals surface area contributed by atoms with Gasteiger partial charge in [-0.2, -0.15) is 4.98 Å². The summed E-state index contributed by atoms with van der Waals surface area (Å²) in [5.41, 5.74) is 0. The number of rotatable bonds is 8. The predicted molar refractivity (Wildman–Crippen MR) is 85.1 cm³/mol. The number of likely N-dealkylation sites (tertiary alicyclic amines) is 1. The standard InChI is InChI=1S/C16H28N4O3/c1-13-17-16(18-23-13)11-19(2)14-5-6-20(10-14)7-9-21-12-15-4-3-8-22-15/h14-15H,3-12H2,1-2H3/t14-,15+/m1/s1. The van der Waals surface area contributed by atoms with Gasteiger partial charge in [0.15, 0.2) is 5.82 Å². The van der Waals surface area contributed by atoms with Crippen LogP contribution >= 0.6 is 0 Å². The minimum absolute atomic E-state index is 0.325. The molecule has 0 aliphatic carbocycles. The molecule has 0 radical (unpaired) electrons. The molecule has 7 nitrogen and oxygen atoms in total. The Labute approximate surface area is 137 Å². The van der Waals surface area contributed by atoms with Crippen LogP contribution in [0.4, 0.5) is 0 Å². The van der Waals surface area contributed by atoms with Gasteiger partial charge in [-0.15, -0.1) is 0 Å². The molecule has 0 saturated carbocycles. The summed E-state index contributed by atoms with van der Waals surface area (Å²) >= 11 is 0. The summed E-state index contributed by atoms with van der Waals surface area (Å²) in [5.74, 6) is 1.40. The Bertz CT molecular complexity index is 476. The van der Waals surface area contributed by atoms with Gasteiger partial charge in [-0.1, -0.05) is 5.16 Å². The molecular formula is C16H28N4O3. The number of ether oxygens (including phenoxy) is 2. The molecule has 2 aliphatic rings. The largest absolute Gasteiger partial charge is 0.377 e. The van der Waals surface area contributed by atoms with Crippen LogP contribution in [-0.4, -0.2) is 78.6 Å². The fourth-order valence-corrected chi connectivity index (χ4v) is 3.32. The minimum Gasteiger partial charge on any atom is -0.377 e. The van der Waals surface area contributed by atoms with Crippen LogP contribution in [0.1, 0.15) is 31.0 Å². The Hall–Kier alpha value is -1.02. The molecule has 2 atom stereocenters. The van der Waals surface area contributed by atoms with Crippen LogP contribution in [0.5, 0.6) is 0 Å². The molecule has 2 fully saturated rings. The van der Waals surface area contributed by atoms with Gasteiger partial charge >= 0.3 is 0 Å². The molecule has 2 saturated heterocycles. The van der Waals surface area contributed by atoms with Crippen LogP contribution < -0.4 is 0 Å². The minimum atomic E-state index is 0.325. The summed E-state index contributed by atoms with van der Waals surface area (Å²) in [5, 5.41) is 3.97. The lowest BCUT2D eigenvalue weighted by Crippen LogP contribution is -2.35. The lowest BCUT2D eigenvalue weighted by Gasteiger charge is -2.23. The Morgan fingerprint density at radius 2 is 2.30 bits per heavy atom. The summed E-state index contributed by atoms with van der Waals surface area (Å²) in [6.45, 7) is 8.21. The zero-order valence-electron chi connectivity index (χ0n) is 14.2. The number of aromatic nitrogens is 2. The van der Waals surface area contributed by atoms with Gasteiger partial charge in [0.05, 0.1) is 25.9 Å². The van der Waals surface area contributed by atoms with Gasteiger partial charge in [0.2, 0.25) is 5.89 Å². The van der Waals surface area contributed by atoms with E-state index >= 15 is 0 Å². The van der Waals surface area contributed by atoms with E-state index in [1.807, 2.05) is 6.92 Å². The molecule has 2 aliphatic heterocycles. The fraction of sp³-hybridized carbons (Fsp3) is 0.875. The highest BCUT2D eigenvalue weighted by Gasteiger charge is 2.26. The Balaban J connectivity index is 1.31. The molecule has 23 heavy (non-hydrogen) atoms. The molecule has 7 heteroatoms. The molecule has 1 aromatic rings. The van der Waals surface area contributed by atoms with Crippen LogP contribution in [0.2, 0.25) is 0 Å². The van der Waals surface area contributed by atoms with Crippen molar-refractivity contribution < 1.29 is 14.0 Å². The van der Waals surface area contributed by atoms with Crippen molar-refractivity contribution >= 4 is 0 Å². The first-order chi connectivity index (χ1) is 11.2. The van der Waals surface area contributed by atoms with Gasteiger partial charge in [0, 0.05) is 32.7 Å². The van der Waals surface area contributed by atoms with E-state index in [0.717, 1.165) is 58.2 Å². The lowest BCUT2D eigenvalue weighted by atomic mass is 10.2. The van der Waals surface area contributed by atoms with E-state index in [2.05, 4.69) is 27.0 Å². The highest BCUT2D eigenvalue weighted by Crippen LogP contribution is 2.16. The zero-order chi connectivity index (χ0) is 16.1. The number of hydrogen-bond donors (Lipinski definition) is 0. The zero-order valence-corrected chi connectivity index (χ0v) is 14.2. The van der Waals surface area contributed by atoms with E-state index in [1.54, 1.807) is 0 Å². The van der Waals surface area contributed by atoms with Crippen molar-refractivity contribution in [3.05, 3.63) is 11.7 Å². The maximum Gasteiger partial charge on any atom is 0.223 e. The van der Waals surface area contributed by atoms with Crippen molar-refractivity contribution in [1.82, 2.24) is 19.9 Å². The Morgan fingerprint density at radius 1 is 1.39 bits per heavy atom. The summed E-state index contributed by atoms with van der Waals surface area (Å²) in [4.78, 5) is 9.06. The molecule has 0 bridgehead atoms. The Morgan fingerprint density at radius 3 is 3.04 bits per heavy atom. The van der Waals surface area contributed by atoms with Crippen molar-refractivity contribution in [2.24, 2.45) is 0 Å². The Kier molecular flexibility index (Phi) is 5.99. The van der Waals surface area contributed by atoms with Crippen molar-refractivity contribution in [2.45, 2.75) is 44.9 Å². The summed E-state index contributed by atoms with van der Waals surface area (Å²) in [6, 6.07) is 0.548. The van der Waals surface area contributed by atoms with E-state index in [4.69, 9.17) is 14.0 Å². The summed E-state index contributed by atoms with van der Waals surface area (Å²) in [7, 11) is 2.13. The van der Waals surface area contributed by atoms with Crippen molar-refractivity contribution in [1.29, 1.82) is 0 Å². The maximum atomic E-state index is 5.76. The van der Waals surface area contributed by atoms with E-state index in [-0.39, 0.29) is 0 Å². The summed E-state index contributed by atoms with van der Waals surface area (Å²) < 4.78 is 16.4. The number of nitrogens with zero attached hydrogens (tertiary/aromatic N) is 4. The third kappa shape index (κ3) is 4.97. The van der Waals surface area contributed by atoms with Gasteiger partial charge in [-0.3, -0.25) is 9.80 Å². The topological polar surface area (TPSA) is 63.9 Å². The lowest BCUT2D eigenvalue weighted by molar-refractivity contribution is 0.0116. The van der Waals surface area contributed by atoms with E-state index in [9.17, 15) is 0 Å². The average Bonchev–Trinajstić information content (AvgIpc) is 3.25. The van der Waals surface area contributed by atoms with Gasteiger partial charge in [0.25, 0.3) is 0 Å². The van der Waals surface area contributed by atoms with Gasteiger partial charge in [-0.05, 0) is 32.9 Å². The molecule has 0 amide bonds. The third-order valence-corrected chi connectivity index (χ3v) is 4.71.